The zero-order valence-electron chi connectivity index (χ0n) is 20.7. The van der Waals surface area contributed by atoms with E-state index in [1.54, 1.807) is 18.7 Å². The molecule has 2 aromatic carbocycles. The van der Waals surface area contributed by atoms with Gasteiger partial charge in [0.2, 0.25) is 5.91 Å². The average Bonchev–Trinajstić information content (AvgIpc) is 3.42. The minimum Gasteiger partial charge on any atom is -0.492 e. The Morgan fingerprint density at radius 1 is 1.11 bits per heavy atom. The number of aromatic amines is 1. The number of carbonyl (C=O) groups excluding carboxylic acids is 1. The first kappa shape index (κ1) is 24.0. The van der Waals surface area contributed by atoms with Crippen molar-refractivity contribution in [1.29, 1.82) is 0 Å². The van der Waals surface area contributed by atoms with Crippen molar-refractivity contribution in [2.75, 3.05) is 26.2 Å². The molecule has 5 rings (SSSR count). The van der Waals surface area contributed by atoms with E-state index in [0.29, 0.717) is 13.2 Å². The fourth-order valence-corrected chi connectivity index (χ4v) is 4.98. The monoisotopic (exact) mass is 483 g/mol. The van der Waals surface area contributed by atoms with Crippen molar-refractivity contribution in [3.05, 3.63) is 90.3 Å². The third-order valence-electron chi connectivity index (χ3n) is 6.82. The molecule has 4 aromatic rings. The summed E-state index contributed by atoms with van der Waals surface area (Å²) in [6.07, 6.45) is 6.78. The van der Waals surface area contributed by atoms with Gasteiger partial charge in [0.15, 0.2) is 0 Å². The van der Waals surface area contributed by atoms with Gasteiger partial charge in [-0.05, 0) is 47.9 Å². The van der Waals surface area contributed by atoms with E-state index in [2.05, 4.69) is 67.6 Å². The maximum absolute atomic E-state index is 13.1. The van der Waals surface area contributed by atoms with Gasteiger partial charge in [-0.2, -0.15) is 0 Å². The van der Waals surface area contributed by atoms with E-state index in [1.807, 2.05) is 19.1 Å². The molecule has 1 aliphatic heterocycles. The van der Waals surface area contributed by atoms with Gasteiger partial charge in [0.05, 0.1) is 25.0 Å². The molecule has 2 atom stereocenters. The van der Waals surface area contributed by atoms with Crippen LogP contribution in [0.3, 0.4) is 0 Å². The molecule has 0 saturated carbocycles. The number of pyridine rings is 1. The third kappa shape index (κ3) is 6.29. The number of likely N-dealkylation sites (tertiary alicyclic amines) is 1. The van der Waals surface area contributed by atoms with Gasteiger partial charge in [0, 0.05) is 56.1 Å². The Hall–Kier alpha value is -3.71. The largest absolute Gasteiger partial charge is 0.492 e. The number of H-pyrrole nitrogens is 1. The maximum Gasteiger partial charge on any atom is 0.224 e. The number of imidazole rings is 1. The molecule has 0 aliphatic carbocycles. The van der Waals surface area contributed by atoms with Crippen LogP contribution in [-0.2, 0) is 17.8 Å². The van der Waals surface area contributed by atoms with Crippen molar-refractivity contribution < 1.29 is 9.53 Å². The van der Waals surface area contributed by atoms with E-state index in [9.17, 15) is 4.79 Å². The van der Waals surface area contributed by atoms with E-state index in [0.717, 1.165) is 49.6 Å². The molecular formula is C29H33N5O2. The molecule has 3 heterocycles. The fraction of sp³-hybridized carbons (Fsp3) is 0.345. The van der Waals surface area contributed by atoms with Crippen molar-refractivity contribution in [3.8, 4) is 5.75 Å². The lowest BCUT2D eigenvalue weighted by Gasteiger charge is -2.37. The SMILES string of the molecule is Cc1ccc(OC[C@H]2C[C@@H](C(=O)NCCc3cnc[nH]3)CN(Cc3ccc4ccccc4c3)C2)cn1. The topological polar surface area (TPSA) is 83.1 Å². The van der Waals surface area contributed by atoms with Crippen molar-refractivity contribution in [3.63, 3.8) is 0 Å². The Morgan fingerprint density at radius 2 is 2.00 bits per heavy atom. The van der Waals surface area contributed by atoms with Gasteiger partial charge in [-0.3, -0.25) is 14.7 Å². The zero-order chi connectivity index (χ0) is 24.7. The van der Waals surface area contributed by atoms with Crippen LogP contribution in [0.2, 0.25) is 0 Å². The van der Waals surface area contributed by atoms with Gasteiger partial charge < -0.3 is 15.0 Å². The number of aryl methyl sites for hydroxylation is 1. The quantitative estimate of drug-likeness (QED) is 0.374. The number of ether oxygens (including phenoxy) is 1. The lowest BCUT2D eigenvalue weighted by molar-refractivity contribution is -0.127. The van der Waals surface area contributed by atoms with Crippen molar-refractivity contribution in [1.82, 2.24) is 25.2 Å². The van der Waals surface area contributed by atoms with Crippen molar-refractivity contribution in [2.45, 2.75) is 26.3 Å². The number of nitrogens with zero attached hydrogens (tertiary/aromatic N) is 3. The number of rotatable bonds is 9. The molecule has 186 valence electrons. The second-order valence-corrected chi connectivity index (χ2v) is 9.74. The van der Waals surface area contributed by atoms with Crippen LogP contribution in [0.25, 0.3) is 10.8 Å². The summed E-state index contributed by atoms with van der Waals surface area (Å²) in [7, 11) is 0. The molecule has 2 aromatic heterocycles. The summed E-state index contributed by atoms with van der Waals surface area (Å²) < 4.78 is 6.08. The van der Waals surface area contributed by atoms with Gasteiger partial charge >= 0.3 is 0 Å². The second kappa shape index (κ2) is 11.4. The van der Waals surface area contributed by atoms with Crippen LogP contribution >= 0.6 is 0 Å². The van der Waals surface area contributed by atoms with Crippen LogP contribution in [0.5, 0.6) is 5.75 Å². The normalized spacial score (nSPS) is 18.2. The predicted molar refractivity (Wildman–Crippen MR) is 141 cm³/mol. The molecular weight excluding hydrogens is 450 g/mol. The van der Waals surface area contributed by atoms with E-state index in [-0.39, 0.29) is 17.7 Å². The standard InChI is InChI=1S/C29H33N5O2/c1-21-6-9-28(15-32-21)36-19-23-13-26(29(35)31-11-10-27-14-30-20-33-27)18-34(17-23)16-22-7-8-24-4-2-3-5-25(24)12-22/h2-9,12,14-15,20,23,26H,10-11,13,16-19H2,1H3,(H,30,33)(H,31,35)/t23-,26+/m0/s1. The number of nitrogens with one attached hydrogen (secondary N) is 2. The molecule has 2 N–H and O–H groups in total. The van der Waals surface area contributed by atoms with E-state index >= 15 is 0 Å². The summed E-state index contributed by atoms with van der Waals surface area (Å²) in [6, 6.07) is 19.0. The molecule has 1 amide bonds. The van der Waals surface area contributed by atoms with Gasteiger partial charge in [0.25, 0.3) is 0 Å². The summed E-state index contributed by atoms with van der Waals surface area (Å²) in [5.74, 6) is 1.06. The van der Waals surface area contributed by atoms with Crippen LogP contribution in [-0.4, -0.2) is 52.0 Å². The molecule has 0 unspecified atom stereocenters. The maximum atomic E-state index is 13.1. The summed E-state index contributed by atoms with van der Waals surface area (Å²) in [6.45, 7) is 5.57. The first-order chi connectivity index (χ1) is 17.6. The molecule has 1 aliphatic rings. The summed E-state index contributed by atoms with van der Waals surface area (Å²) in [4.78, 5) is 27.0. The summed E-state index contributed by atoms with van der Waals surface area (Å²) in [5, 5.41) is 5.62. The highest BCUT2D eigenvalue weighted by Crippen LogP contribution is 2.26. The highest BCUT2D eigenvalue weighted by atomic mass is 16.5. The van der Waals surface area contributed by atoms with Crippen LogP contribution in [0.1, 0.15) is 23.4 Å². The molecule has 0 spiro atoms. The highest BCUT2D eigenvalue weighted by molar-refractivity contribution is 5.83. The minimum absolute atomic E-state index is 0.0780. The smallest absolute Gasteiger partial charge is 0.224 e. The first-order valence-corrected chi connectivity index (χ1v) is 12.6. The molecule has 0 radical (unpaired) electrons. The fourth-order valence-electron chi connectivity index (χ4n) is 4.98. The van der Waals surface area contributed by atoms with E-state index < -0.39 is 0 Å². The van der Waals surface area contributed by atoms with E-state index in [1.165, 1.54) is 16.3 Å². The molecule has 7 heteroatoms. The zero-order valence-corrected chi connectivity index (χ0v) is 20.7. The number of hydrogen-bond donors (Lipinski definition) is 2. The highest BCUT2D eigenvalue weighted by Gasteiger charge is 2.32. The number of carbonyl (C=O) groups is 1. The lowest BCUT2D eigenvalue weighted by Crippen LogP contribution is -2.47. The van der Waals surface area contributed by atoms with E-state index in [4.69, 9.17) is 4.74 Å². The molecule has 7 nitrogen and oxygen atoms in total. The van der Waals surface area contributed by atoms with Gasteiger partial charge in [0.1, 0.15) is 5.75 Å². The Kier molecular flexibility index (Phi) is 7.57. The number of hydrogen-bond acceptors (Lipinski definition) is 5. The molecule has 1 saturated heterocycles. The Bertz CT molecular complexity index is 1270. The van der Waals surface area contributed by atoms with Crippen LogP contribution in [0.15, 0.2) is 73.3 Å². The Morgan fingerprint density at radius 3 is 2.81 bits per heavy atom. The number of benzene rings is 2. The Balaban J connectivity index is 1.25. The van der Waals surface area contributed by atoms with Crippen LogP contribution in [0.4, 0.5) is 0 Å². The first-order valence-electron chi connectivity index (χ1n) is 12.6. The van der Waals surface area contributed by atoms with Gasteiger partial charge in [-0.15, -0.1) is 0 Å². The third-order valence-corrected chi connectivity index (χ3v) is 6.82. The average molecular weight is 484 g/mol. The van der Waals surface area contributed by atoms with Crippen molar-refractivity contribution >= 4 is 16.7 Å². The number of piperidine rings is 1. The van der Waals surface area contributed by atoms with Crippen LogP contribution < -0.4 is 10.1 Å². The van der Waals surface area contributed by atoms with Crippen molar-refractivity contribution in [2.24, 2.45) is 11.8 Å². The minimum atomic E-state index is -0.0780. The lowest BCUT2D eigenvalue weighted by atomic mass is 9.88. The molecule has 0 bridgehead atoms. The van der Waals surface area contributed by atoms with Gasteiger partial charge in [-0.1, -0.05) is 36.4 Å². The van der Waals surface area contributed by atoms with Gasteiger partial charge in [-0.25, -0.2) is 4.98 Å². The summed E-state index contributed by atoms with van der Waals surface area (Å²) in [5.41, 5.74) is 3.25. The Labute approximate surface area is 211 Å². The molecule has 1 fully saturated rings. The summed E-state index contributed by atoms with van der Waals surface area (Å²) >= 11 is 0. The number of fused-ring (bicyclic) bond motifs is 1. The molecule has 36 heavy (non-hydrogen) atoms. The number of amides is 1. The second-order valence-electron chi connectivity index (χ2n) is 9.74. The number of aromatic nitrogens is 3. The van der Waals surface area contributed by atoms with Crippen LogP contribution in [0, 0.1) is 18.8 Å². The predicted octanol–water partition coefficient (Wildman–Crippen LogP) is 4.14.